The van der Waals surface area contributed by atoms with Crippen LogP contribution in [0, 0.1) is 20.8 Å². The molecule has 3 aromatic rings. The summed E-state index contributed by atoms with van der Waals surface area (Å²) in [5, 5.41) is 0.976. The molecule has 2 heterocycles. The van der Waals surface area contributed by atoms with Gasteiger partial charge in [-0.3, -0.25) is 0 Å². The fraction of sp³-hybridized carbons (Fsp3) is 0.200. The van der Waals surface area contributed by atoms with Gasteiger partial charge < -0.3 is 4.74 Å². The van der Waals surface area contributed by atoms with Gasteiger partial charge in [0.25, 0.3) is 0 Å². The summed E-state index contributed by atoms with van der Waals surface area (Å²) < 4.78 is 5.92. The number of nitrogens with zero attached hydrogens (tertiary/aromatic N) is 2. The first-order valence-corrected chi connectivity index (χ1v) is 6.91. The Bertz CT molecular complexity index is 729. The molecule has 0 N–H and O–H groups in total. The zero-order valence-corrected chi connectivity index (χ0v) is 11.9. The van der Waals surface area contributed by atoms with Crippen molar-refractivity contribution in [3.8, 4) is 11.6 Å². The normalized spacial score (nSPS) is 10.9. The second-order valence-electron chi connectivity index (χ2n) is 4.68. The van der Waals surface area contributed by atoms with Crippen LogP contribution in [0.3, 0.4) is 0 Å². The van der Waals surface area contributed by atoms with Crippen LogP contribution in [0.15, 0.2) is 30.6 Å². The van der Waals surface area contributed by atoms with Gasteiger partial charge in [0.05, 0.1) is 5.39 Å². The fourth-order valence-corrected chi connectivity index (χ4v) is 2.98. The van der Waals surface area contributed by atoms with Crippen molar-refractivity contribution in [3.63, 3.8) is 0 Å². The second kappa shape index (κ2) is 4.63. The number of ether oxygens (including phenoxy) is 1. The third kappa shape index (κ3) is 2.44. The van der Waals surface area contributed by atoms with Crippen LogP contribution < -0.4 is 4.74 Å². The van der Waals surface area contributed by atoms with Crippen molar-refractivity contribution in [2.75, 3.05) is 0 Å². The monoisotopic (exact) mass is 270 g/mol. The predicted molar refractivity (Wildman–Crippen MR) is 78.1 cm³/mol. The molecule has 0 saturated heterocycles. The van der Waals surface area contributed by atoms with Crippen molar-refractivity contribution >= 4 is 21.6 Å². The first kappa shape index (κ1) is 12.1. The molecule has 0 aliphatic rings. The van der Waals surface area contributed by atoms with Crippen LogP contribution in [-0.2, 0) is 0 Å². The molecule has 0 amide bonds. The minimum atomic E-state index is 0.624. The second-order valence-corrected chi connectivity index (χ2v) is 5.91. The quantitative estimate of drug-likeness (QED) is 0.692. The zero-order chi connectivity index (χ0) is 13.4. The molecule has 96 valence electrons. The largest absolute Gasteiger partial charge is 0.438 e. The van der Waals surface area contributed by atoms with Gasteiger partial charge >= 0.3 is 0 Å². The summed E-state index contributed by atoms with van der Waals surface area (Å²) in [6.07, 6.45) is 1.55. The molecule has 3 nitrogen and oxygen atoms in total. The maximum absolute atomic E-state index is 5.92. The number of thiophene rings is 1. The SMILES string of the molecule is Cc1cc(C)cc(Oc2ncnc3sc(C)cc23)c1. The van der Waals surface area contributed by atoms with Crippen LogP contribution in [0.1, 0.15) is 16.0 Å². The zero-order valence-electron chi connectivity index (χ0n) is 11.1. The fourth-order valence-electron chi connectivity index (χ4n) is 2.14. The Morgan fingerprint density at radius 2 is 1.68 bits per heavy atom. The molecule has 1 aromatic carbocycles. The highest BCUT2D eigenvalue weighted by Crippen LogP contribution is 2.32. The van der Waals surface area contributed by atoms with E-state index in [1.54, 1.807) is 17.7 Å². The lowest BCUT2D eigenvalue weighted by molar-refractivity contribution is 0.467. The van der Waals surface area contributed by atoms with E-state index in [2.05, 4.69) is 42.9 Å². The highest BCUT2D eigenvalue weighted by molar-refractivity contribution is 7.18. The minimum Gasteiger partial charge on any atom is -0.438 e. The van der Waals surface area contributed by atoms with Crippen LogP contribution in [0.2, 0.25) is 0 Å². The van der Waals surface area contributed by atoms with Crippen molar-refractivity contribution in [1.29, 1.82) is 0 Å². The van der Waals surface area contributed by atoms with E-state index in [4.69, 9.17) is 4.74 Å². The summed E-state index contributed by atoms with van der Waals surface area (Å²) >= 11 is 1.65. The molecule has 0 bridgehead atoms. The molecule has 0 aliphatic heterocycles. The lowest BCUT2D eigenvalue weighted by atomic mass is 10.1. The third-order valence-electron chi connectivity index (χ3n) is 2.83. The number of fused-ring (bicyclic) bond motifs is 1. The van der Waals surface area contributed by atoms with E-state index in [9.17, 15) is 0 Å². The summed E-state index contributed by atoms with van der Waals surface area (Å²) in [6, 6.07) is 8.22. The van der Waals surface area contributed by atoms with Gasteiger partial charge in [-0.25, -0.2) is 9.97 Å². The van der Waals surface area contributed by atoms with Crippen molar-refractivity contribution in [3.05, 3.63) is 46.6 Å². The number of benzene rings is 1. The van der Waals surface area contributed by atoms with Crippen molar-refractivity contribution in [2.24, 2.45) is 0 Å². The van der Waals surface area contributed by atoms with Gasteiger partial charge in [0.2, 0.25) is 5.88 Å². The molecule has 0 atom stereocenters. The average molecular weight is 270 g/mol. The van der Waals surface area contributed by atoms with Gasteiger partial charge in [-0.05, 0) is 50.1 Å². The van der Waals surface area contributed by atoms with E-state index in [1.807, 2.05) is 12.1 Å². The Morgan fingerprint density at radius 1 is 0.947 bits per heavy atom. The van der Waals surface area contributed by atoms with Crippen LogP contribution in [-0.4, -0.2) is 9.97 Å². The summed E-state index contributed by atoms with van der Waals surface area (Å²) in [7, 11) is 0. The third-order valence-corrected chi connectivity index (χ3v) is 3.78. The maximum Gasteiger partial charge on any atom is 0.231 e. The molecule has 3 rings (SSSR count). The molecule has 0 unspecified atom stereocenters. The predicted octanol–water partition coefficient (Wildman–Crippen LogP) is 4.41. The van der Waals surface area contributed by atoms with Gasteiger partial charge in [0.15, 0.2) is 0 Å². The number of rotatable bonds is 2. The van der Waals surface area contributed by atoms with Gasteiger partial charge in [-0.2, -0.15) is 0 Å². The Labute approximate surface area is 115 Å². The molecular weight excluding hydrogens is 256 g/mol. The molecule has 0 saturated carbocycles. The molecule has 0 fully saturated rings. The minimum absolute atomic E-state index is 0.624. The maximum atomic E-state index is 5.92. The van der Waals surface area contributed by atoms with Crippen molar-refractivity contribution in [2.45, 2.75) is 20.8 Å². The standard InChI is InChI=1S/C15H14N2OS/c1-9-4-10(2)6-12(5-9)18-14-13-7-11(3)19-15(13)17-8-16-14/h4-8H,1-3H3. The average Bonchev–Trinajstić information content (AvgIpc) is 2.69. The number of aromatic nitrogens is 2. The van der Waals surface area contributed by atoms with Crippen LogP contribution >= 0.6 is 11.3 Å². The summed E-state index contributed by atoms with van der Waals surface area (Å²) in [5.41, 5.74) is 2.36. The van der Waals surface area contributed by atoms with E-state index < -0.39 is 0 Å². The van der Waals surface area contributed by atoms with Gasteiger partial charge in [-0.1, -0.05) is 6.07 Å². The highest BCUT2D eigenvalue weighted by Gasteiger charge is 2.09. The Kier molecular flexibility index (Phi) is 2.95. The van der Waals surface area contributed by atoms with Gasteiger partial charge in [-0.15, -0.1) is 11.3 Å². The van der Waals surface area contributed by atoms with Crippen LogP contribution in [0.5, 0.6) is 11.6 Å². The van der Waals surface area contributed by atoms with Gasteiger partial charge in [0, 0.05) is 4.88 Å². The molecule has 4 heteroatoms. The van der Waals surface area contributed by atoms with Crippen molar-refractivity contribution < 1.29 is 4.74 Å². The number of aryl methyl sites for hydroxylation is 3. The van der Waals surface area contributed by atoms with Gasteiger partial charge in [0.1, 0.15) is 16.9 Å². The van der Waals surface area contributed by atoms with Crippen molar-refractivity contribution in [1.82, 2.24) is 9.97 Å². The van der Waals surface area contributed by atoms with E-state index in [1.165, 1.54) is 16.0 Å². The lowest BCUT2D eigenvalue weighted by Crippen LogP contribution is -1.90. The molecule has 0 radical (unpaired) electrons. The Balaban J connectivity index is 2.05. The van der Waals surface area contributed by atoms with Crippen LogP contribution in [0.25, 0.3) is 10.2 Å². The molecule has 0 spiro atoms. The summed E-state index contributed by atoms with van der Waals surface area (Å²) in [6.45, 7) is 6.18. The molecular formula is C15H14N2OS. The smallest absolute Gasteiger partial charge is 0.231 e. The molecule has 19 heavy (non-hydrogen) atoms. The first-order chi connectivity index (χ1) is 9.11. The van der Waals surface area contributed by atoms with E-state index in [-0.39, 0.29) is 0 Å². The summed E-state index contributed by atoms with van der Waals surface area (Å²) in [4.78, 5) is 10.7. The number of hydrogen-bond donors (Lipinski definition) is 0. The molecule has 2 aromatic heterocycles. The van der Waals surface area contributed by atoms with Crippen LogP contribution in [0.4, 0.5) is 0 Å². The highest BCUT2D eigenvalue weighted by atomic mass is 32.1. The molecule has 0 aliphatic carbocycles. The van der Waals surface area contributed by atoms with E-state index in [0.29, 0.717) is 5.88 Å². The van der Waals surface area contributed by atoms with E-state index >= 15 is 0 Å². The first-order valence-electron chi connectivity index (χ1n) is 6.09. The van der Waals surface area contributed by atoms with E-state index in [0.717, 1.165) is 16.0 Å². The lowest BCUT2D eigenvalue weighted by Gasteiger charge is -2.07. The Morgan fingerprint density at radius 3 is 2.42 bits per heavy atom. The topological polar surface area (TPSA) is 35.0 Å². The Hall–Kier alpha value is -1.94. The number of hydrogen-bond acceptors (Lipinski definition) is 4. The summed E-state index contributed by atoms with van der Waals surface area (Å²) in [5.74, 6) is 1.45.